The molecule has 0 saturated heterocycles. The van der Waals surface area contributed by atoms with Crippen molar-refractivity contribution in [3.63, 3.8) is 0 Å². The van der Waals surface area contributed by atoms with E-state index in [9.17, 15) is 10.2 Å². The van der Waals surface area contributed by atoms with Gasteiger partial charge in [0.1, 0.15) is 0 Å². The number of fused-ring (bicyclic) bond motifs is 5. The van der Waals surface area contributed by atoms with Gasteiger partial charge in [-0.1, -0.05) is 26.0 Å². The molecule has 0 aliphatic heterocycles. The van der Waals surface area contributed by atoms with Gasteiger partial charge < -0.3 is 10.2 Å². The van der Waals surface area contributed by atoms with Crippen molar-refractivity contribution in [2.24, 2.45) is 34.5 Å². The minimum atomic E-state index is -0.264. The van der Waals surface area contributed by atoms with Crippen LogP contribution in [0.1, 0.15) is 58.8 Å². The van der Waals surface area contributed by atoms with Gasteiger partial charge in [-0.3, -0.25) is 0 Å². The van der Waals surface area contributed by atoms with Gasteiger partial charge in [0.2, 0.25) is 0 Å². The number of hydrogen-bond donors (Lipinski definition) is 2. The SMILES string of the molecule is C[C@]12CC[C@H]3[C@@H](CC[C@@H]4CC=C[C@H](O)[C@@]43C)[C@@H]1CC[C@@H]2O. The Bertz CT molecular complexity index is 458. The highest BCUT2D eigenvalue weighted by Crippen LogP contribution is 2.65. The van der Waals surface area contributed by atoms with Gasteiger partial charge in [-0.15, -0.1) is 0 Å². The van der Waals surface area contributed by atoms with Gasteiger partial charge in [-0.25, -0.2) is 0 Å². The van der Waals surface area contributed by atoms with E-state index in [1.54, 1.807) is 0 Å². The molecule has 0 unspecified atom stereocenters. The second kappa shape index (κ2) is 4.58. The van der Waals surface area contributed by atoms with E-state index in [1.165, 1.54) is 25.7 Å². The predicted molar refractivity (Wildman–Crippen MR) is 83.6 cm³/mol. The van der Waals surface area contributed by atoms with Gasteiger partial charge in [0.15, 0.2) is 0 Å². The van der Waals surface area contributed by atoms with Gasteiger partial charge >= 0.3 is 0 Å². The molecule has 2 heteroatoms. The maximum absolute atomic E-state index is 10.7. The summed E-state index contributed by atoms with van der Waals surface area (Å²) in [6.07, 6.45) is 12.2. The summed E-state index contributed by atoms with van der Waals surface area (Å²) in [4.78, 5) is 0. The molecule has 4 rings (SSSR count). The molecule has 3 saturated carbocycles. The second-order valence-electron chi connectivity index (χ2n) is 8.76. The first-order valence-corrected chi connectivity index (χ1v) is 9.00. The van der Waals surface area contributed by atoms with E-state index in [0.29, 0.717) is 17.8 Å². The van der Waals surface area contributed by atoms with Crippen LogP contribution in [-0.4, -0.2) is 22.4 Å². The Morgan fingerprint density at radius 3 is 2.57 bits per heavy atom. The number of rotatable bonds is 0. The first-order valence-electron chi connectivity index (χ1n) is 9.00. The summed E-state index contributed by atoms with van der Waals surface area (Å²) >= 11 is 0. The molecule has 0 spiro atoms. The monoisotopic (exact) mass is 290 g/mol. The normalized spacial score (nSPS) is 59.2. The van der Waals surface area contributed by atoms with E-state index in [0.717, 1.165) is 25.2 Å². The van der Waals surface area contributed by atoms with Crippen LogP contribution < -0.4 is 0 Å². The Balaban J connectivity index is 1.69. The lowest BCUT2D eigenvalue weighted by atomic mass is 9.45. The van der Waals surface area contributed by atoms with E-state index in [4.69, 9.17) is 0 Å². The van der Waals surface area contributed by atoms with E-state index < -0.39 is 0 Å². The van der Waals surface area contributed by atoms with E-state index in [1.807, 2.05) is 0 Å². The topological polar surface area (TPSA) is 40.5 Å². The fourth-order valence-electron chi connectivity index (χ4n) is 6.85. The van der Waals surface area contributed by atoms with Crippen LogP contribution in [0.4, 0.5) is 0 Å². The summed E-state index contributed by atoms with van der Waals surface area (Å²) in [5.41, 5.74) is 0.229. The largest absolute Gasteiger partial charge is 0.393 e. The first-order chi connectivity index (χ1) is 9.98. The van der Waals surface area contributed by atoms with Crippen LogP contribution in [0.25, 0.3) is 0 Å². The molecule has 3 fully saturated rings. The zero-order chi connectivity index (χ0) is 14.8. The van der Waals surface area contributed by atoms with Crippen LogP contribution in [0.2, 0.25) is 0 Å². The lowest BCUT2D eigenvalue weighted by molar-refractivity contribution is -0.143. The Hall–Kier alpha value is -0.340. The Labute approximate surface area is 128 Å². The predicted octanol–water partition coefficient (Wildman–Crippen LogP) is 3.53. The zero-order valence-electron chi connectivity index (χ0n) is 13.5. The number of hydrogen-bond acceptors (Lipinski definition) is 2. The molecule has 8 atom stereocenters. The molecular formula is C19H30O2. The van der Waals surface area contributed by atoms with E-state index >= 15 is 0 Å². The molecule has 4 aliphatic rings. The third kappa shape index (κ3) is 1.72. The van der Waals surface area contributed by atoms with Crippen molar-refractivity contribution in [1.82, 2.24) is 0 Å². The van der Waals surface area contributed by atoms with Crippen LogP contribution in [0.5, 0.6) is 0 Å². The van der Waals surface area contributed by atoms with Gasteiger partial charge in [0.05, 0.1) is 12.2 Å². The second-order valence-corrected chi connectivity index (χ2v) is 8.76. The highest BCUT2D eigenvalue weighted by atomic mass is 16.3. The summed E-state index contributed by atoms with van der Waals surface area (Å²) < 4.78 is 0. The molecule has 0 aromatic carbocycles. The van der Waals surface area contributed by atoms with Gasteiger partial charge in [-0.2, -0.15) is 0 Å². The molecule has 0 radical (unpaired) electrons. The molecule has 4 aliphatic carbocycles. The zero-order valence-corrected chi connectivity index (χ0v) is 13.5. The number of aliphatic hydroxyl groups excluding tert-OH is 2. The summed E-state index contributed by atoms with van der Waals surface area (Å²) in [5.74, 6) is 2.72. The third-order valence-corrected chi connectivity index (χ3v) is 8.29. The standard InChI is InChI=1S/C19H30O2/c1-18-11-10-15-13(14(18)8-9-16(18)20)7-6-12-4-3-5-17(21)19(12,15)2/h3,5,12-17,20-21H,4,6-11H2,1-2H3/t12-,13-,14-,15-,16-,17-,18-,19-/m0/s1. The molecule has 0 bridgehead atoms. The molecule has 2 nitrogen and oxygen atoms in total. The highest BCUT2D eigenvalue weighted by Gasteiger charge is 2.60. The van der Waals surface area contributed by atoms with E-state index in [2.05, 4.69) is 26.0 Å². The van der Waals surface area contributed by atoms with Crippen LogP contribution in [0.15, 0.2) is 12.2 Å². The molecule has 0 aromatic heterocycles. The van der Waals surface area contributed by atoms with E-state index in [-0.39, 0.29) is 23.0 Å². The van der Waals surface area contributed by atoms with Gasteiger partial charge in [0.25, 0.3) is 0 Å². The molecule has 0 amide bonds. The van der Waals surface area contributed by atoms with Crippen LogP contribution in [0, 0.1) is 34.5 Å². The van der Waals surface area contributed by atoms with Crippen molar-refractivity contribution < 1.29 is 10.2 Å². The Morgan fingerprint density at radius 1 is 0.952 bits per heavy atom. The first kappa shape index (κ1) is 14.3. The lowest BCUT2D eigenvalue weighted by Crippen LogP contribution is -2.57. The number of allylic oxidation sites excluding steroid dienone is 1. The summed E-state index contributed by atoms with van der Waals surface area (Å²) in [6.45, 7) is 4.69. The van der Waals surface area contributed by atoms with Crippen LogP contribution in [-0.2, 0) is 0 Å². The summed E-state index contributed by atoms with van der Waals surface area (Å²) in [5, 5.41) is 21.2. The molecule has 118 valence electrons. The summed E-state index contributed by atoms with van der Waals surface area (Å²) in [7, 11) is 0. The van der Waals surface area contributed by atoms with Crippen molar-refractivity contribution in [2.75, 3.05) is 0 Å². The van der Waals surface area contributed by atoms with Gasteiger partial charge in [0, 0.05) is 5.41 Å². The smallest absolute Gasteiger partial charge is 0.0779 e. The maximum Gasteiger partial charge on any atom is 0.0779 e. The minimum absolute atomic E-state index is 0.0759. The number of aliphatic hydroxyl groups is 2. The molecule has 2 N–H and O–H groups in total. The third-order valence-electron chi connectivity index (χ3n) is 8.29. The Kier molecular flexibility index (Phi) is 3.11. The average Bonchev–Trinajstić information content (AvgIpc) is 2.76. The van der Waals surface area contributed by atoms with Gasteiger partial charge in [-0.05, 0) is 74.0 Å². The van der Waals surface area contributed by atoms with Crippen LogP contribution in [0.3, 0.4) is 0 Å². The molecular weight excluding hydrogens is 260 g/mol. The van der Waals surface area contributed by atoms with Crippen LogP contribution >= 0.6 is 0 Å². The van der Waals surface area contributed by atoms with Crippen molar-refractivity contribution in [2.45, 2.75) is 71.0 Å². The molecule has 0 heterocycles. The quantitative estimate of drug-likeness (QED) is 0.670. The molecule has 0 aromatic rings. The van der Waals surface area contributed by atoms with Crippen molar-refractivity contribution in [3.8, 4) is 0 Å². The maximum atomic E-state index is 10.7. The van der Waals surface area contributed by atoms with Crippen molar-refractivity contribution in [3.05, 3.63) is 12.2 Å². The van der Waals surface area contributed by atoms with Crippen molar-refractivity contribution >= 4 is 0 Å². The Morgan fingerprint density at radius 2 is 1.76 bits per heavy atom. The molecule has 21 heavy (non-hydrogen) atoms. The lowest BCUT2D eigenvalue weighted by Gasteiger charge is -2.60. The minimum Gasteiger partial charge on any atom is -0.393 e. The fraction of sp³-hybridized carbons (Fsp3) is 0.895. The van der Waals surface area contributed by atoms with Crippen molar-refractivity contribution in [1.29, 1.82) is 0 Å². The summed E-state index contributed by atoms with van der Waals surface area (Å²) in [6, 6.07) is 0. The average molecular weight is 290 g/mol. The highest BCUT2D eigenvalue weighted by molar-refractivity contribution is 5.15. The fourth-order valence-corrected chi connectivity index (χ4v) is 6.85.